The van der Waals surface area contributed by atoms with Crippen molar-refractivity contribution in [3.8, 4) is 11.3 Å². The largest absolute Gasteiger partial charge is 0.479 e. The molecule has 51 heavy (non-hydrogen) atoms. The first kappa shape index (κ1) is 34.0. The Hall–Kier alpha value is -5.48. The van der Waals surface area contributed by atoms with Crippen LogP contribution in [0.4, 0.5) is 0 Å². The van der Waals surface area contributed by atoms with Crippen LogP contribution < -0.4 is 22.1 Å². The maximum Gasteiger partial charge on any atom is 0.331 e. The lowest BCUT2D eigenvalue weighted by Gasteiger charge is -2.37. The molecule has 7 N–H and O–H groups in total. The van der Waals surface area contributed by atoms with Gasteiger partial charge in [-0.1, -0.05) is 78.9 Å². The van der Waals surface area contributed by atoms with Gasteiger partial charge in [-0.25, -0.2) is 4.79 Å². The lowest BCUT2D eigenvalue weighted by Crippen LogP contribution is -2.61. The van der Waals surface area contributed by atoms with Crippen LogP contribution in [0.15, 0.2) is 116 Å². The zero-order valence-electron chi connectivity index (χ0n) is 28.4. The Morgan fingerprint density at radius 3 is 2.41 bits per heavy atom. The van der Waals surface area contributed by atoms with E-state index in [9.17, 15) is 14.7 Å². The number of carbonyl (C=O) groups is 2. The molecule has 2 aromatic heterocycles. The van der Waals surface area contributed by atoms with Gasteiger partial charge in [-0.15, -0.1) is 0 Å². The molecule has 0 aliphatic heterocycles. The summed E-state index contributed by atoms with van der Waals surface area (Å²) in [7, 11) is 0. The number of carbonyl (C=O) groups excluding carboxylic acids is 1. The molecule has 0 spiro atoms. The highest BCUT2D eigenvalue weighted by Gasteiger charge is 2.47. The molecule has 0 saturated carbocycles. The number of nitrogens with two attached hydrogens (primary N) is 2. The van der Waals surface area contributed by atoms with Crippen LogP contribution in [0.3, 0.4) is 0 Å². The van der Waals surface area contributed by atoms with Gasteiger partial charge in [-0.2, -0.15) is 0 Å². The molecule has 0 radical (unpaired) electrons. The molecule has 9 nitrogen and oxygen atoms in total. The number of nitrogens with one attached hydrogen (secondary N) is 2. The third-order valence-electron chi connectivity index (χ3n) is 10.3. The summed E-state index contributed by atoms with van der Waals surface area (Å²) in [6.07, 6.45) is 7.05. The Morgan fingerprint density at radius 2 is 1.63 bits per heavy atom. The normalized spacial score (nSPS) is 15.9. The summed E-state index contributed by atoms with van der Waals surface area (Å²) >= 11 is 0. The van der Waals surface area contributed by atoms with E-state index >= 15 is 0 Å². The zero-order chi connectivity index (χ0) is 35.4. The van der Waals surface area contributed by atoms with E-state index in [2.05, 4.69) is 26.7 Å². The van der Waals surface area contributed by atoms with Gasteiger partial charge >= 0.3 is 5.97 Å². The van der Waals surface area contributed by atoms with Crippen LogP contribution in [0.25, 0.3) is 32.8 Å². The molecule has 6 aromatic rings. The van der Waals surface area contributed by atoms with Gasteiger partial charge in [0.1, 0.15) is 0 Å². The minimum absolute atomic E-state index is 0.0592. The van der Waals surface area contributed by atoms with E-state index in [1.165, 1.54) is 5.56 Å². The number of rotatable bonds is 12. The van der Waals surface area contributed by atoms with Crippen LogP contribution >= 0.6 is 0 Å². The summed E-state index contributed by atoms with van der Waals surface area (Å²) < 4.78 is 0. The van der Waals surface area contributed by atoms with Gasteiger partial charge in [-0.3, -0.25) is 14.8 Å². The average molecular weight is 679 g/mol. The highest BCUT2D eigenvalue weighted by molar-refractivity contribution is 6.13. The number of amides is 1. The molecule has 1 aliphatic carbocycles. The number of benzene rings is 4. The van der Waals surface area contributed by atoms with E-state index in [0.29, 0.717) is 35.0 Å². The van der Waals surface area contributed by atoms with Crippen LogP contribution in [0.2, 0.25) is 0 Å². The minimum Gasteiger partial charge on any atom is -0.479 e. The van der Waals surface area contributed by atoms with Crippen molar-refractivity contribution in [3.63, 3.8) is 0 Å². The Kier molecular flexibility index (Phi) is 9.85. The third kappa shape index (κ3) is 6.59. The zero-order valence-corrected chi connectivity index (χ0v) is 28.4. The fourth-order valence-corrected chi connectivity index (χ4v) is 7.69. The number of nitrogens with zero attached hydrogens (tertiary/aromatic N) is 2. The number of hydrogen-bond acceptors (Lipinski definition) is 7. The lowest BCUT2D eigenvalue weighted by atomic mass is 9.79. The van der Waals surface area contributed by atoms with Gasteiger partial charge in [-0.05, 0) is 101 Å². The third-order valence-corrected chi connectivity index (χ3v) is 10.3. The fourth-order valence-electron chi connectivity index (χ4n) is 7.69. The van der Waals surface area contributed by atoms with E-state index in [1.807, 2.05) is 103 Å². The topological polar surface area (TPSA) is 156 Å². The maximum absolute atomic E-state index is 14.7. The molecule has 3 atom stereocenters. The quantitative estimate of drug-likeness (QED) is 0.0906. The summed E-state index contributed by atoms with van der Waals surface area (Å²) in [5.74, 6) is -1.75. The molecule has 7 rings (SSSR count). The van der Waals surface area contributed by atoms with Gasteiger partial charge < -0.3 is 27.2 Å². The van der Waals surface area contributed by atoms with Crippen LogP contribution in [-0.2, 0) is 17.8 Å². The minimum atomic E-state index is -1.86. The molecule has 4 aromatic carbocycles. The molecule has 2 unspecified atom stereocenters. The molecule has 0 saturated heterocycles. The number of hydrogen-bond donors (Lipinski definition) is 5. The number of carboxylic acids is 1. The molecule has 1 aliphatic rings. The molecular formula is C42H42N6O3. The second-order valence-corrected chi connectivity index (χ2v) is 13.2. The van der Waals surface area contributed by atoms with Gasteiger partial charge in [0.05, 0.1) is 23.0 Å². The maximum atomic E-state index is 14.7. The molecule has 1 amide bonds. The highest BCUT2D eigenvalue weighted by Crippen LogP contribution is 2.37. The van der Waals surface area contributed by atoms with E-state index in [1.54, 1.807) is 6.20 Å². The SMILES string of the molecule is NCc1cc(-c2ccccn2)c2ccccc2c1C(=O)N[C@](CCCNC1CCCc2cccnc21)(C(=O)O)C(N)c1cccc2ccccc12. The Bertz CT molecular complexity index is 2200. The first-order chi connectivity index (χ1) is 24.9. The second-order valence-electron chi connectivity index (χ2n) is 13.2. The number of aliphatic carboxylic acids is 1. The second kappa shape index (κ2) is 14.8. The number of aryl methyl sites for hydroxylation is 1. The monoisotopic (exact) mass is 678 g/mol. The van der Waals surface area contributed by atoms with Crippen molar-refractivity contribution < 1.29 is 14.7 Å². The standard InChI is InChI=1S/C42H42N6O3/c43-26-29-25-34(35-19-5-6-22-45-35)31-16-3-4-17-32(31)37(29)40(49)48-42(41(50)51,39(44)33-18-7-12-27-11-1-2-15-30(27)33)21-10-24-46-36-20-8-13-28-14-9-23-47-38(28)36/h1-7,9,11-12,14-19,22-23,25,36,39,46H,8,10,13,20-21,24,26,43-44H2,(H,48,49)(H,50,51)/t36?,39?,42-/m0/s1. The predicted octanol–water partition coefficient (Wildman–Crippen LogP) is 6.61. The van der Waals surface area contributed by atoms with Crippen LogP contribution in [0.1, 0.15) is 70.5 Å². The van der Waals surface area contributed by atoms with Crippen molar-refractivity contribution in [2.24, 2.45) is 11.5 Å². The van der Waals surface area contributed by atoms with Crippen LogP contribution in [0.5, 0.6) is 0 Å². The lowest BCUT2D eigenvalue weighted by molar-refractivity contribution is -0.146. The smallest absolute Gasteiger partial charge is 0.331 e. The van der Waals surface area contributed by atoms with E-state index in [0.717, 1.165) is 52.4 Å². The highest BCUT2D eigenvalue weighted by atomic mass is 16.4. The van der Waals surface area contributed by atoms with Gasteiger partial charge in [0.15, 0.2) is 5.54 Å². The van der Waals surface area contributed by atoms with Crippen molar-refractivity contribution in [2.75, 3.05) is 6.54 Å². The van der Waals surface area contributed by atoms with Gasteiger partial charge in [0.2, 0.25) is 0 Å². The molecule has 2 heterocycles. The summed E-state index contributed by atoms with van der Waals surface area (Å²) in [4.78, 5) is 37.6. The van der Waals surface area contributed by atoms with Crippen molar-refractivity contribution in [2.45, 2.75) is 56.3 Å². The van der Waals surface area contributed by atoms with Crippen molar-refractivity contribution in [1.29, 1.82) is 0 Å². The average Bonchev–Trinajstić information content (AvgIpc) is 3.18. The summed E-state index contributed by atoms with van der Waals surface area (Å²) in [6, 6.07) is 31.6. The number of carboxylic acid groups (broad SMARTS) is 1. The van der Waals surface area contributed by atoms with E-state index in [-0.39, 0.29) is 19.0 Å². The molecule has 258 valence electrons. The summed E-state index contributed by atoms with van der Waals surface area (Å²) in [6.45, 7) is 0.577. The van der Waals surface area contributed by atoms with Crippen molar-refractivity contribution in [3.05, 3.63) is 143 Å². The summed E-state index contributed by atoms with van der Waals surface area (Å²) in [5.41, 5.74) is 16.9. The Morgan fingerprint density at radius 1 is 0.882 bits per heavy atom. The van der Waals surface area contributed by atoms with E-state index < -0.39 is 23.5 Å². The fraction of sp³-hybridized carbons (Fsp3) is 0.238. The van der Waals surface area contributed by atoms with Crippen LogP contribution in [-0.4, -0.2) is 39.0 Å². The summed E-state index contributed by atoms with van der Waals surface area (Å²) in [5, 5.41) is 21.0. The molecule has 9 heteroatoms. The van der Waals surface area contributed by atoms with Gasteiger partial charge in [0.25, 0.3) is 5.91 Å². The van der Waals surface area contributed by atoms with E-state index in [4.69, 9.17) is 11.5 Å². The molecule has 0 bridgehead atoms. The molecular weight excluding hydrogens is 637 g/mol. The predicted molar refractivity (Wildman–Crippen MR) is 201 cm³/mol. The van der Waals surface area contributed by atoms with Crippen molar-refractivity contribution in [1.82, 2.24) is 20.6 Å². The number of fused-ring (bicyclic) bond motifs is 3. The Labute approximate surface area is 297 Å². The van der Waals surface area contributed by atoms with Gasteiger partial charge in [0, 0.05) is 30.5 Å². The van der Waals surface area contributed by atoms with Crippen LogP contribution in [0, 0.1) is 0 Å². The number of pyridine rings is 2. The first-order valence-corrected chi connectivity index (χ1v) is 17.5. The first-order valence-electron chi connectivity index (χ1n) is 17.5. The van der Waals surface area contributed by atoms with Crippen molar-refractivity contribution >= 4 is 33.4 Å². The molecule has 0 fully saturated rings. The number of aromatic nitrogens is 2. The Balaban J connectivity index is 1.27.